The Bertz CT molecular complexity index is 1270. The Hall–Kier alpha value is -3.31. The van der Waals surface area contributed by atoms with Crippen molar-refractivity contribution in [2.24, 2.45) is 0 Å². The zero-order valence-corrected chi connectivity index (χ0v) is 18.6. The van der Waals surface area contributed by atoms with Gasteiger partial charge in [0.2, 0.25) is 5.91 Å². The number of ether oxygens (including phenoxy) is 1. The molecule has 3 aromatic carbocycles. The summed E-state index contributed by atoms with van der Waals surface area (Å²) in [6.45, 7) is 3.77. The van der Waals surface area contributed by atoms with E-state index in [-0.39, 0.29) is 11.8 Å². The second-order valence-corrected chi connectivity index (χ2v) is 8.54. The Morgan fingerprint density at radius 1 is 1.06 bits per heavy atom. The molecule has 6 heteroatoms. The van der Waals surface area contributed by atoms with Crippen LogP contribution >= 0.6 is 11.6 Å². The maximum absolute atomic E-state index is 13.0. The monoisotopic (exact) mass is 445 g/mol. The van der Waals surface area contributed by atoms with Gasteiger partial charge in [0.1, 0.15) is 18.2 Å². The van der Waals surface area contributed by atoms with Gasteiger partial charge in [-0.05, 0) is 48.9 Å². The molecule has 1 amide bonds. The minimum absolute atomic E-state index is 0.00464. The summed E-state index contributed by atoms with van der Waals surface area (Å²) in [5.41, 5.74) is 3.91. The van der Waals surface area contributed by atoms with Crippen LogP contribution in [0.1, 0.15) is 23.7 Å². The molecule has 0 N–H and O–H groups in total. The van der Waals surface area contributed by atoms with Gasteiger partial charge in [-0.1, -0.05) is 48.0 Å². The molecule has 1 aromatic heterocycles. The molecule has 32 heavy (non-hydrogen) atoms. The molecule has 1 atom stereocenters. The summed E-state index contributed by atoms with van der Waals surface area (Å²) in [5, 5.41) is 0.632. The average Bonchev–Trinajstić information content (AvgIpc) is 3.37. The fourth-order valence-electron chi connectivity index (χ4n) is 4.40. The van der Waals surface area contributed by atoms with Crippen molar-refractivity contribution >= 4 is 34.2 Å². The molecule has 1 aliphatic heterocycles. The van der Waals surface area contributed by atoms with E-state index in [1.54, 1.807) is 0 Å². The normalized spacial score (nSPS) is 16.1. The largest absolute Gasteiger partial charge is 0.492 e. The number of rotatable bonds is 6. The van der Waals surface area contributed by atoms with Gasteiger partial charge < -0.3 is 14.2 Å². The molecule has 0 bridgehead atoms. The van der Waals surface area contributed by atoms with E-state index >= 15 is 0 Å². The summed E-state index contributed by atoms with van der Waals surface area (Å²) < 4.78 is 8.14. The predicted molar refractivity (Wildman–Crippen MR) is 128 cm³/mol. The highest BCUT2D eigenvalue weighted by Gasteiger charge is 2.35. The molecule has 0 unspecified atom stereocenters. The van der Waals surface area contributed by atoms with Gasteiger partial charge in [-0.25, -0.2) is 4.98 Å². The third-order valence-electron chi connectivity index (χ3n) is 5.96. The van der Waals surface area contributed by atoms with Crippen molar-refractivity contribution in [3.63, 3.8) is 0 Å². The van der Waals surface area contributed by atoms with Crippen LogP contribution in [0.15, 0.2) is 72.8 Å². The molecule has 1 fully saturated rings. The summed E-state index contributed by atoms with van der Waals surface area (Å²) in [6, 6.07) is 23.6. The number of imidazole rings is 1. The summed E-state index contributed by atoms with van der Waals surface area (Å²) in [5.74, 6) is 1.88. The lowest BCUT2D eigenvalue weighted by Gasteiger charge is -2.20. The molecule has 0 saturated carbocycles. The topological polar surface area (TPSA) is 47.4 Å². The van der Waals surface area contributed by atoms with Gasteiger partial charge in [0.05, 0.1) is 17.6 Å². The van der Waals surface area contributed by atoms with Crippen molar-refractivity contribution in [2.75, 3.05) is 18.1 Å². The lowest BCUT2D eigenvalue weighted by Crippen LogP contribution is -2.25. The van der Waals surface area contributed by atoms with E-state index in [0.717, 1.165) is 33.9 Å². The number of anilines is 1. The molecule has 0 radical (unpaired) electrons. The molecule has 5 rings (SSSR count). The van der Waals surface area contributed by atoms with Crippen molar-refractivity contribution < 1.29 is 9.53 Å². The molecule has 0 spiro atoms. The van der Waals surface area contributed by atoms with Crippen LogP contribution in [-0.2, 0) is 11.3 Å². The number of hydrogen-bond donors (Lipinski definition) is 0. The highest BCUT2D eigenvalue weighted by atomic mass is 35.5. The molecule has 2 heterocycles. The summed E-state index contributed by atoms with van der Waals surface area (Å²) in [6.07, 6.45) is 0.425. The van der Waals surface area contributed by atoms with Crippen LogP contribution in [0, 0.1) is 6.92 Å². The van der Waals surface area contributed by atoms with Gasteiger partial charge in [0.15, 0.2) is 0 Å². The third kappa shape index (κ3) is 3.96. The van der Waals surface area contributed by atoms with E-state index in [2.05, 4.69) is 10.6 Å². The first-order valence-electron chi connectivity index (χ1n) is 10.8. The van der Waals surface area contributed by atoms with E-state index < -0.39 is 0 Å². The minimum Gasteiger partial charge on any atom is -0.492 e. The molecule has 162 valence electrons. The number of carbonyl (C=O) groups excluding carboxylic acids is 1. The Balaban J connectivity index is 1.43. The zero-order valence-electron chi connectivity index (χ0n) is 17.9. The van der Waals surface area contributed by atoms with Crippen LogP contribution in [0.25, 0.3) is 11.0 Å². The molecule has 5 nitrogen and oxygen atoms in total. The molecule has 1 saturated heterocycles. The number of benzene rings is 3. The summed E-state index contributed by atoms with van der Waals surface area (Å²) in [4.78, 5) is 19.7. The fraction of sp³-hybridized carbons (Fsp3) is 0.231. The maximum atomic E-state index is 13.0. The molecular weight excluding hydrogens is 422 g/mol. The summed E-state index contributed by atoms with van der Waals surface area (Å²) in [7, 11) is 0. The first kappa shape index (κ1) is 20.6. The van der Waals surface area contributed by atoms with Crippen LogP contribution in [0.4, 0.5) is 5.69 Å². The van der Waals surface area contributed by atoms with Crippen LogP contribution in [0.2, 0.25) is 5.02 Å². The lowest BCUT2D eigenvalue weighted by molar-refractivity contribution is -0.117. The maximum Gasteiger partial charge on any atom is 0.227 e. The van der Waals surface area contributed by atoms with Crippen molar-refractivity contribution in [1.29, 1.82) is 0 Å². The smallest absolute Gasteiger partial charge is 0.227 e. The number of fused-ring (bicyclic) bond motifs is 1. The van der Waals surface area contributed by atoms with Crippen molar-refractivity contribution in [2.45, 2.75) is 25.8 Å². The third-order valence-corrected chi connectivity index (χ3v) is 6.20. The van der Waals surface area contributed by atoms with Gasteiger partial charge in [0, 0.05) is 29.6 Å². The van der Waals surface area contributed by atoms with E-state index in [9.17, 15) is 4.79 Å². The SMILES string of the molecule is Cc1ccc(Cl)cc1N1C[C@@H](c2nc3ccccc3n2CCOc2ccccc2)CC1=O. The minimum atomic E-state index is 0.00464. The Morgan fingerprint density at radius 2 is 1.84 bits per heavy atom. The number of aryl methyl sites for hydroxylation is 1. The fourth-order valence-corrected chi connectivity index (χ4v) is 4.57. The second-order valence-electron chi connectivity index (χ2n) is 8.11. The quantitative estimate of drug-likeness (QED) is 0.388. The van der Waals surface area contributed by atoms with Gasteiger partial charge in [-0.3, -0.25) is 4.79 Å². The van der Waals surface area contributed by atoms with Crippen molar-refractivity contribution in [3.05, 3.63) is 89.2 Å². The van der Waals surface area contributed by atoms with Crippen molar-refractivity contribution in [1.82, 2.24) is 9.55 Å². The van der Waals surface area contributed by atoms with Crippen molar-refractivity contribution in [3.8, 4) is 5.75 Å². The Labute approximate surface area is 192 Å². The molecule has 0 aliphatic carbocycles. The van der Waals surface area contributed by atoms with Gasteiger partial charge in [0.25, 0.3) is 0 Å². The number of amides is 1. The van der Waals surface area contributed by atoms with Gasteiger partial charge in [-0.2, -0.15) is 0 Å². The Kier molecular flexibility index (Phi) is 5.58. The van der Waals surface area contributed by atoms with E-state index in [0.29, 0.717) is 31.1 Å². The Morgan fingerprint density at radius 3 is 2.69 bits per heavy atom. The zero-order chi connectivity index (χ0) is 22.1. The second kappa shape index (κ2) is 8.67. The van der Waals surface area contributed by atoms with Crippen LogP contribution < -0.4 is 9.64 Å². The van der Waals surface area contributed by atoms with Gasteiger partial charge in [-0.15, -0.1) is 0 Å². The lowest BCUT2D eigenvalue weighted by atomic mass is 10.1. The van der Waals surface area contributed by atoms with E-state index in [1.807, 2.05) is 78.6 Å². The first-order valence-corrected chi connectivity index (χ1v) is 11.2. The first-order chi connectivity index (χ1) is 15.6. The number of aromatic nitrogens is 2. The van der Waals surface area contributed by atoms with Crippen LogP contribution in [-0.4, -0.2) is 28.6 Å². The van der Waals surface area contributed by atoms with E-state index in [4.69, 9.17) is 21.3 Å². The predicted octanol–water partition coefficient (Wildman–Crippen LogP) is 5.60. The van der Waals surface area contributed by atoms with Gasteiger partial charge >= 0.3 is 0 Å². The molecule has 4 aromatic rings. The number of nitrogens with zero attached hydrogens (tertiary/aromatic N) is 3. The standard InChI is InChI=1S/C26H24ClN3O2/c1-18-11-12-20(27)16-24(18)30-17-19(15-25(30)31)26-28-22-9-5-6-10-23(22)29(26)13-14-32-21-7-3-2-4-8-21/h2-12,16,19H,13-15,17H2,1H3/t19-/m0/s1. The number of para-hydroxylation sites is 3. The number of halogens is 1. The average molecular weight is 446 g/mol. The summed E-state index contributed by atoms with van der Waals surface area (Å²) >= 11 is 6.21. The number of carbonyl (C=O) groups is 1. The van der Waals surface area contributed by atoms with E-state index in [1.165, 1.54) is 0 Å². The molecular formula is C26H24ClN3O2. The highest BCUT2D eigenvalue weighted by molar-refractivity contribution is 6.31. The highest BCUT2D eigenvalue weighted by Crippen LogP contribution is 2.35. The van der Waals surface area contributed by atoms with Crippen LogP contribution in [0.5, 0.6) is 5.75 Å². The number of hydrogen-bond acceptors (Lipinski definition) is 3. The molecule has 1 aliphatic rings. The van der Waals surface area contributed by atoms with Crippen LogP contribution in [0.3, 0.4) is 0 Å².